The van der Waals surface area contributed by atoms with Gasteiger partial charge in [0.25, 0.3) is 0 Å². The molecule has 22 heavy (non-hydrogen) atoms. The van der Waals surface area contributed by atoms with Gasteiger partial charge in [-0.2, -0.15) is 0 Å². The van der Waals surface area contributed by atoms with E-state index in [-0.39, 0.29) is 12.4 Å². The maximum atomic E-state index is 11.7. The summed E-state index contributed by atoms with van der Waals surface area (Å²) in [5.74, 6) is -0.371. The van der Waals surface area contributed by atoms with Gasteiger partial charge in [0.2, 0.25) is 10.9 Å². The van der Waals surface area contributed by atoms with E-state index in [1.807, 2.05) is 28.7 Å². The Labute approximate surface area is 133 Å². The highest BCUT2D eigenvalue weighted by Crippen LogP contribution is 2.29. The molecule has 0 atom stereocenters. The van der Waals surface area contributed by atoms with Gasteiger partial charge in [0, 0.05) is 0 Å². The molecule has 2 heterocycles. The Balaban J connectivity index is 1.74. The first kappa shape index (κ1) is 14.8. The fourth-order valence-corrected chi connectivity index (χ4v) is 3.66. The summed E-state index contributed by atoms with van der Waals surface area (Å²) < 4.78 is 7.66. The van der Waals surface area contributed by atoms with E-state index in [4.69, 9.17) is 0 Å². The van der Waals surface area contributed by atoms with Crippen LogP contribution in [0.25, 0.3) is 15.2 Å². The summed E-state index contributed by atoms with van der Waals surface area (Å²) in [6.45, 7) is 1.89. The van der Waals surface area contributed by atoms with Crippen molar-refractivity contribution in [2.75, 3.05) is 12.4 Å². The third-order valence-electron chi connectivity index (χ3n) is 2.76. The number of rotatable bonds is 4. The number of nitrogens with one attached hydrogen (secondary N) is 1. The molecule has 1 N–H and O–H groups in total. The highest BCUT2D eigenvalue weighted by molar-refractivity contribution is 7.99. The number of imide groups is 1. The minimum atomic E-state index is -0.736. The summed E-state index contributed by atoms with van der Waals surface area (Å²) in [4.78, 5) is 23.6. The zero-order valence-electron chi connectivity index (χ0n) is 11.6. The molecule has 0 fully saturated rings. The molecule has 2 amide bonds. The van der Waals surface area contributed by atoms with Crippen LogP contribution in [0.3, 0.4) is 0 Å². The third kappa shape index (κ3) is 2.90. The van der Waals surface area contributed by atoms with Gasteiger partial charge >= 0.3 is 6.09 Å². The van der Waals surface area contributed by atoms with E-state index < -0.39 is 12.0 Å². The van der Waals surface area contributed by atoms with Gasteiger partial charge in [0.1, 0.15) is 0 Å². The van der Waals surface area contributed by atoms with Crippen molar-refractivity contribution in [3.8, 4) is 0 Å². The van der Waals surface area contributed by atoms with Gasteiger partial charge in [-0.05, 0) is 19.1 Å². The molecular weight excluding hydrogens is 324 g/mol. The zero-order valence-corrected chi connectivity index (χ0v) is 13.2. The van der Waals surface area contributed by atoms with Crippen molar-refractivity contribution in [2.45, 2.75) is 12.1 Å². The van der Waals surface area contributed by atoms with Crippen LogP contribution in [0.2, 0.25) is 0 Å². The minimum Gasteiger partial charge on any atom is -0.450 e. The summed E-state index contributed by atoms with van der Waals surface area (Å²) in [6, 6.07) is 7.89. The number of carbonyl (C=O) groups excluding carboxylic acids is 2. The molecule has 0 aliphatic rings. The lowest BCUT2D eigenvalue weighted by Gasteiger charge is -2.03. The van der Waals surface area contributed by atoms with Crippen molar-refractivity contribution in [2.24, 2.45) is 0 Å². The number of thioether (sulfide) groups is 1. The van der Waals surface area contributed by atoms with Gasteiger partial charge in [-0.15, -0.1) is 10.2 Å². The van der Waals surface area contributed by atoms with Crippen LogP contribution < -0.4 is 5.32 Å². The molecule has 114 valence electrons. The molecule has 0 spiro atoms. The van der Waals surface area contributed by atoms with Crippen molar-refractivity contribution in [1.82, 2.24) is 19.9 Å². The zero-order chi connectivity index (χ0) is 15.5. The maximum Gasteiger partial charge on any atom is 0.413 e. The average molecular weight is 336 g/mol. The van der Waals surface area contributed by atoms with E-state index in [2.05, 4.69) is 20.3 Å². The number of amides is 2. The molecule has 3 aromatic rings. The smallest absolute Gasteiger partial charge is 0.413 e. The van der Waals surface area contributed by atoms with E-state index >= 15 is 0 Å². The van der Waals surface area contributed by atoms with Crippen LogP contribution in [-0.4, -0.2) is 39.0 Å². The Morgan fingerprint density at radius 1 is 1.36 bits per heavy atom. The molecule has 0 saturated heterocycles. The lowest BCUT2D eigenvalue weighted by Crippen LogP contribution is -2.32. The Hall–Kier alpha value is -2.13. The molecule has 3 rings (SSSR count). The number of hydrogen-bond acceptors (Lipinski definition) is 7. The summed E-state index contributed by atoms with van der Waals surface area (Å²) >= 11 is 2.76. The first-order chi connectivity index (χ1) is 10.7. The van der Waals surface area contributed by atoms with Crippen LogP contribution >= 0.6 is 23.1 Å². The van der Waals surface area contributed by atoms with Crippen molar-refractivity contribution in [3.05, 3.63) is 24.3 Å². The minimum absolute atomic E-state index is 0.0593. The second-order valence-corrected chi connectivity index (χ2v) is 6.18. The Morgan fingerprint density at radius 3 is 3.00 bits per heavy atom. The van der Waals surface area contributed by atoms with E-state index in [0.29, 0.717) is 5.16 Å². The topological polar surface area (TPSA) is 85.6 Å². The summed E-state index contributed by atoms with van der Waals surface area (Å²) in [5.41, 5.74) is 1.00. The fourth-order valence-electron chi connectivity index (χ4n) is 1.90. The molecule has 9 heteroatoms. The molecule has 1 aromatic carbocycles. The number of aromatic nitrogens is 3. The number of fused-ring (bicyclic) bond motifs is 3. The van der Waals surface area contributed by atoms with E-state index in [1.165, 1.54) is 23.1 Å². The number of carbonyl (C=O) groups is 2. The second-order valence-electron chi connectivity index (χ2n) is 4.23. The summed E-state index contributed by atoms with van der Waals surface area (Å²) in [5, 5.41) is 11.0. The standard InChI is InChI=1S/C13H12N4O3S2/c1-2-20-13(19)14-10(18)7-21-11-15-16-12-17(11)8-5-3-4-6-9(8)22-12/h3-6H,2,7H2,1H3,(H,14,18,19). The number of para-hydroxylation sites is 1. The first-order valence-corrected chi connectivity index (χ1v) is 8.31. The molecule has 0 aliphatic carbocycles. The van der Waals surface area contributed by atoms with Crippen LogP contribution in [0.5, 0.6) is 0 Å². The molecule has 2 aromatic heterocycles. The Bertz CT molecular complexity index is 842. The largest absolute Gasteiger partial charge is 0.450 e. The van der Waals surface area contributed by atoms with Crippen molar-refractivity contribution >= 4 is 50.3 Å². The van der Waals surface area contributed by atoms with Gasteiger partial charge in [0.15, 0.2) is 5.16 Å². The summed E-state index contributed by atoms with van der Waals surface area (Å²) in [7, 11) is 0. The van der Waals surface area contributed by atoms with Crippen LogP contribution in [0.1, 0.15) is 6.92 Å². The molecule has 0 aliphatic heterocycles. The molecule has 0 saturated carbocycles. The monoisotopic (exact) mass is 336 g/mol. The van der Waals surface area contributed by atoms with Crippen molar-refractivity contribution in [1.29, 1.82) is 0 Å². The van der Waals surface area contributed by atoms with E-state index in [1.54, 1.807) is 6.92 Å². The first-order valence-electron chi connectivity index (χ1n) is 6.51. The van der Waals surface area contributed by atoms with Gasteiger partial charge in [0.05, 0.1) is 22.6 Å². The molecule has 7 nitrogen and oxygen atoms in total. The predicted molar refractivity (Wildman–Crippen MR) is 84.3 cm³/mol. The highest BCUT2D eigenvalue weighted by Gasteiger charge is 2.15. The van der Waals surface area contributed by atoms with Gasteiger partial charge in [-0.25, -0.2) is 4.79 Å². The van der Waals surface area contributed by atoms with Gasteiger partial charge in [-0.1, -0.05) is 35.2 Å². The maximum absolute atomic E-state index is 11.7. The van der Waals surface area contributed by atoms with Crippen LogP contribution in [-0.2, 0) is 9.53 Å². The average Bonchev–Trinajstić information content (AvgIpc) is 3.04. The number of alkyl carbamates (subject to hydrolysis) is 1. The second kappa shape index (κ2) is 6.32. The lowest BCUT2D eigenvalue weighted by atomic mass is 10.3. The number of ether oxygens (including phenoxy) is 1. The van der Waals surface area contributed by atoms with Crippen LogP contribution in [0.15, 0.2) is 29.4 Å². The summed E-state index contributed by atoms with van der Waals surface area (Å²) in [6.07, 6.45) is -0.736. The molecule has 0 unspecified atom stereocenters. The van der Waals surface area contributed by atoms with Gasteiger partial charge < -0.3 is 4.74 Å². The SMILES string of the molecule is CCOC(=O)NC(=O)CSc1nnc2sc3ccccc3n12. The van der Waals surface area contributed by atoms with Gasteiger partial charge in [-0.3, -0.25) is 14.5 Å². The van der Waals surface area contributed by atoms with Crippen molar-refractivity contribution in [3.63, 3.8) is 0 Å². The van der Waals surface area contributed by atoms with Crippen LogP contribution in [0.4, 0.5) is 4.79 Å². The quantitative estimate of drug-likeness (QED) is 0.736. The Morgan fingerprint density at radius 2 is 2.18 bits per heavy atom. The van der Waals surface area contributed by atoms with Crippen molar-refractivity contribution < 1.29 is 14.3 Å². The fraction of sp³-hybridized carbons (Fsp3) is 0.231. The van der Waals surface area contributed by atoms with Crippen LogP contribution in [0, 0.1) is 0 Å². The normalized spacial score (nSPS) is 11.0. The highest BCUT2D eigenvalue weighted by atomic mass is 32.2. The molecular formula is C13H12N4O3S2. The third-order valence-corrected chi connectivity index (χ3v) is 4.70. The predicted octanol–water partition coefficient (Wildman–Crippen LogP) is 2.31. The van der Waals surface area contributed by atoms with E-state index in [9.17, 15) is 9.59 Å². The number of thiazole rings is 1. The van der Waals surface area contributed by atoms with E-state index in [0.717, 1.165) is 15.2 Å². The molecule has 0 radical (unpaired) electrons. The lowest BCUT2D eigenvalue weighted by molar-refractivity contribution is -0.117. The number of hydrogen-bond donors (Lipinski definition) is 1. The number of nitrogens with zero attached hydrogens (tertiary/aromatic N) is 3. The number of benzene rings is 1. The molecule has 0 bridgehead atoms. The Kier molecular flexibility index (Phi) is 4.25.